The van der Waals surface area contributed by atoms with Crippen LogP contribution in [0.3, 0.4) is 0 Å². The summed E-state index contributed by atoms with van der Waals surface area (Å²) < 4.78 is 2.22. The summed E-state index contributed by atoms with van der Waals surface area (Å²) in [6.07, 6.45) is 8.95. The number of nitrogens with two attached hydrogens (primary N) is 4. The molecule has 0 aliphatic carbocycles. The number of unbranched alkanes of at least 4 members (excludes halogenated alkanes) is 3. The van der Waals surface area contributed by atoms with Gasteiger partial charge in [-0.1, -0.05) is 139 Å². The third-order valence-electron chi connectivity index (χ3n) is 20.7. The van der Waals surface area contributed by atoms with Gasteiger partial charge in [-0.05, 0) is 148 Å². The molecular formula is C89H118Cl2N21O9S+. The number of hydrogen-bond acceptors (Lipinski definition) is 15. The first-order chi connectivity index (χ1) is 58.9. The molecule has 0 saturated heterocycles. The number of carbonyl (C=O) groups excluding carboxylic acids is 9. The van der Waals surface area contributed by atoms with E-state index in [1.807, 2.05) is 78.9 Å². The van der Waals surface area contributed by atoms with Crippen molar-refractivity contribution in [1.29, 1.82) is 16.2 Å². The molecule has 652 valence electrons. The number of nitrogens with zero attached hydrogens (tertiary/aromatic N) is 3. The van der Waals surface area contributed by atoms with Crippen LogP contribution in [0.4, 0.5) is 11.4 Å². The number of hydrogen-bond donors (Lipinski definition) is 18. The van der Waals surface area contributed by atoms with E-state index in [1.165, 1.54) is 10.6 Å². The number of benzene rings is 6. The Hall–Kier alpha value is -12.0. The highest BCUT2D eigenvalue weighted by atomic mass is 35.5. The summed E-state index contributed by atoms with van der Waals surface area (Å²) in [5, 5.41) is 56.5. The van der Waals surface area contributed by atoms with Crippen molar-refractivity contribution in [1.82, 2.24) is 58.5 Å². The number of para-hydroxylation sites is 2. The highest BCUT2D eigenvalue weighted by molar-refractivity contribution is 8.03. The van der Waals surface area contributed by atoms with E-state index in [4.69, 9.17) is 62.4 Å². The standard InChI is InChI=1S/C89H117Cl2N21O9S/c1-110-75-37-15-16-38-76(75)122-79(110)59-64-45-53-112(74-36-14-13-31-66(64)74)52-19-5-12-39-78(114)103-71(56-61-24-6-2-7-25-61)84(119)105-69(34-22-50-101-88(95)96)82(117)108-73(58-63-28-10-4-11-29-63)86(121)107-70(35-23-51-102-89(97)98)83(118)109-72(57-62-26-8-3-9-27-62)85(120)106-68(33-21-49-100-87(93)94)81(116)104-67(80(92)115)32-17-18-48-99-77(113)40-20-30-60-41-43-65(44-42-60)111(54-46-90)55-47-91/h2-4,6-11,13-16,24-29,31,36-38,41-45,53,59,67-73H,5,12,17-23,30,32-35,39-40,46-52,54-58H2,1H3,(H21-,92,93,94,95,96,97,98,99,100,101,102,103,104,105,106,107,108,109,113,114,115,116,117,118,119,120,121)/p+1/t67-,68-,69-,70-,71+,72+,73+/m1/s1. The van der Waals surface area contributed by atoms with Gasteiger partial charge in [-0.15, -0.1) is 23.2 Å². The first-order valence-electron chi connectivity index (χ1n) is 41.6. The van der Waals surface area contributed by atoms with Crippen LogP contribution in [0.2, 0.25) is 0 Å². The van der Waals surface area contributed by atoms with Gasteiger partial charge in [-0.25, -0.2) is 0 Å². The topological polar surface area (TPSA) is 472 Å². The monoisotopic (exact) mass is 1730 g/mol. The Morgan fingerprint density at radius 1 is 0.434 bits per heavy atom. The zero-order valence-corrected chi connectivity index (χ0v) is 71.5. The molecule has 8 rings (SSSR count). The number of pyridine rings is 1. The molecule has 7 atom stereocenters. The maximum Gasteiger partial charge on any atom is 0.243 e. The highest BCUT2D eigenvalue weighted by Crippen LogP contribution is 2.45. The fourth-order valence-corrected chi connectivity index (χ4v) is 15.7. The Morgan fingerprint density at radius 2 is 0.861 bits per heavy atom. The molecule has 1 aliphatic heterocycles. The molecule has 30 nitrogen and oxygen atoms in total. The summed E-state index contributed by atoms with van der Waals surface area (Å²) in [6.45, 7) is 2.63. The molecule has 0 radical (unpaired) electrons. The van der Waals surface area contributed by atoms with E-state index in [1.54, 1.807) is 72.4 Å². The molecular weight excluding hydrogens is 1610 g/mol. The van der Waals surface area contributed by atoms with Crippen LogP contribution in [0.15, 0.2) is 186 Å². The van der Waals surface area contributed by atoms with E-state index in [-0.39, 0.29) is 126 Å². The number of amides is 9. The zero-order valence-electron chi connectivity index (χ0n) is 69.2. The Kier molecular flexibility index (Phi) is 40.4. The predicted octanol–water partition coefficient (Wildman–Crippen LogP) is 6.22. The van der Waals surface area contributed by atoms with Gasteiger partial charge >= 0.3 is 0 Å². The minimum Gasteiger partial charge on any atom is -0.370 e. The van der Waals surface area contributed by atoms with Gasteiger partial charge < -0.3 is 91.2 Å². The van der Waals surface area contributed by atoms with Crippen LogP contribution in [-0.4, -0.2) is 171 Å². The van der Waals surface area contributed by atoms with Crippen molar-refractivity contribution >= 4 is 134 Å². The molecule has 1 aromatic heterocycles. The number of aryl methyl sites for hydroxylation is 2. The molecule has 0 unspecified atom stereocenters. The number of fused-ring (bicyclic) bond motifs is 2. The Bertz CT molecular complexity index is 4630. The van der Waals surface area contributed by atoms with Crippen LogP contribution < -0.4 is 95.8 Å². The van der Waals surface area contributed by atoms with E-state index >= 15 is 14.4 Å². The van der Waals surface area contributed by atoms with Gasteiger partial charge in [0.2, 0.25) is 58.7 Å². The fourth-order valence-electron chi connectivity index (χ4n) is 14.2. The van der Waals surface area contributed by atoms with Crippen LogP contribution in [0, 0.1) is 16.2 Å². The van der Waals surface area contributed by atoms with Gasteiger partial charge in [0.25, 0.3) is 0 Å². The lowest BCUT2D eigenvalue weighted by molar-refractivity contribution is -0.671. The van der Waals surface area contributed by atoms with Gasteiger partial charge in [0, 0.05) is 119 Å². The molecule has 0 bridgehead atoms. The third-order valence-corrected chi connectivity index (χ3v) is 22.2. The number of halogens is 2. The van der Waals surface area contributed by atoms with Crippen LogP contribution in [0.25, 0.3) is 17.0 Å². The van der Waals surface area contributed by atoms with E-state index < -0.39 is 83.6 Å². The van der Waals surface area contributed by atoms with Crippen molar-refractivity contribution in [3.63, 3.8) is 0 Å². The van der Waals surface area contributed by atoms with Crippen molar-refractivity contribution in [2.75, 3.05) is 67.9 Å². The number of guanidine groups is 3. The Labute approximate surface area is 728 Å². The lowest BCUT2D eigenvalue weighted by Gasteiger charge is -2.28. The lowest BCUT2D eigenvalue weighted by Crippen LogP contribution is -2.60. The molecule has 122 heavy (non-hydrogen) atoms. The molecule has 0 fully saturated rings. The quantitative estimate of drug-likeness (QED) is 0.00661. The maximum absolute atomic E-state index is 15.2. The summed E-state index contributed by atoms with van der Waals surface area (Å²) in [5.41, 5.74) is 30.2. The van der Waals surface area contributed by atoms with E-state index in [0.717, 1.165) is 44.7 Å². The third kappa shape index (κ3) is 32.9. The summed E-state index contributed by atoms with van der Waals surface area (Å²) in [6, 6.07) is 44.0. The average molecular weight is 1730 g/mol. The SMILES string of the molecule is CN1/C(=C\c2cc[n+](CCCCCC(=O)N[C@@H](Cc3ccccc3)C(=O)N[C@H](CCCNC(=N)N)C(=O)N[C@@H](Cc3ccccc3)C(=O)N[C@H](CCCNC(=N)N)C(=O)N[C@@H](Cc3ccccc3)C(=O)N[C@H](CCCNC(=N)N)C(=O)N[C@H](CCCCNC(=O)CCCc3ccc(N(CCCl)CCCl)cc3)C(N)=O)c3ccccc23)Sc2ccccc21. The maximum atomic E-state index is 15.2. The van der Waals surface area contributed by atoms with Crippen LogP contribution >= 0.6 is 35.0 Å². The van der Waals surface area contributed by atoms with E-state index in [0.29, 0.717) is 87.6 Å². The van der Waals surface area contributed by atoms with Gasteiger partial charge in [0.15, 0.2) is 24.1 Å². The number of primary amides is 1. The molecule has 0 saturated carbocycles. The largest absolute Gasteiger partial charge is 0.370 e. The van der Waals surface area contributed by atoms with Crippen molar-refractivity contribution in [3.8, 4) is 0 Å². The number of anilines is 2. The molecule has 1 aliphatic rings. The van der Waals surface area contributed by atoms with Crippen molar-refractivity contribution in [2.24, 2.45) is 22.9 Å². The lowest BCUT2D eigenvalue weighted by atomic mass is 10.0. The smallest absolute Gasteiger partial charge is 0.243 e. The number of thioether (sulfide) groups is 1. The van der Waals surface area contributed by atoms with Crippen molar-refractivity contribution in [2.45, 2.75) is 176 Å². The first-order valence-corrected chi connectivity index (χ1v) is 43.5. The fraction of sp³-hybridized carbons (Fsp3) is 0.404. The molecule has 6 aromatic carbocycles. The van der Waals surface area contributed by atoms with Gasteiger partial charge in [-0.2, -0.15) is 4.57 Å². The van der Waals surface area contributed by atoms with Gasteiger partial charge in [0.1, 0.15) is 48.8 Å². The number of alkyl halides is 2. The Balaban J connectivity index is 0.937. The second-order valence-electron chi connectivity index (χ2n) is 30.0. The zero-order chi connectivity index (χ0) is 87.6. The predicted molar refractivity (Wildman–Crippen MR) is 482 cm³/mol. The Morgan fingerprint density at radius 3 is 1.34 bits per heavy atom. The average Bonchev–Trinajstić information content (AvgIpc) is 1.54. The molecule has 0 spiro atoms. The van der Waals surface area contributed by atoms with Crippen LogP contribution in [0.1, 0.15) is 124 Å². The van der Waals surface area contributed by atoms with Crippen molar-refractivity contribution < 1.29 is 47.7 Å². The summed E-state index contributed by atoms with van der Waals surface area (Å²) in [7, 11) is 2.08. The number of nitrogens with one attached hydrogen (secondary N) is 14. The van der Waals surface area contributed by atoms with Gasteiger partial charge in [0.05, 0.1) is 16.1 Å². The molecule has 22 N–H and O–H groups in total. The van der Waals surface area contributed by atoms with Crippen molar-refractivity contribution in [3.05, 3.63) is 209 Å². The first kappa shape index (κ1) is 95.5. The van der Waals surface area contributed by atoms with E-state index in [2.05, 4.69) is 123 Å². The number of aromatic nitrogens is 1. The molecule has 7 aromatic rings. The summed E-state index contributed by atoms with van der Waals surface area (Å²) in [4.78, 5) is 135. The van der Waals surface area contributed by atoms with Gasteiger partial charge in [-0.3, -0.25) is 59.4 Å². The number of carbonyl (C=O) groups is 9. The molecule has 33 heteroatoms. The van der Waals surface area contributed by atoms with Crippen LogP contribution in [0.5, 0.6) is 0 Å². The molecule has 2 heterocycles. The molecule has 9 amide bonds. The minimum absolute atomic E-state index is 0.0426. The second kappa shape index (κ2) is 51.6. The second-order valence-corrected chi connectivity index (χ2v) is 31.9. The summed E-state index contributed by atoms with van der Waals surface area (Å²) >= 11 is 13.7. The van der Waals surface area contributed by atoms with Crippen LogP contribution in [-0.2, 0) is 75.4 Å². The van der Waals surface area contributed by atoms with E-state index in [9.17, 15) is 28.8 Å². The minimum atomic E-state index is -1.45. The number of rotatable bonds is 53. The highest BCUT2D eigenvalue weighted by Gasteiger charge is 2.35. The normalized spacial score (nSPS) is 13.6. The summed E-state index contributed by atoms with van der Waals surface area (Å²) in [5.74, 6) is -6.24.